The van der Waals surface area contributed by atoms with Gasteiger partial charge in [-0.05, 0) is 73.4 Å². The summed E-state index contributed by atoms with van der Waals surface area (Å²) < 4.78 is 5.72. The van der Waals surface area contributed by atoms with Gasteiger partial charge in [0.15, 0.2) is 5.13 Å². The second-order valence-corrected chi connectivity index (χ2v) is 10.3. The van der Waals surface area contributed by atoms with Crippen LogP contribution in [-0.4, -0.2) is 34.2 Å². The summed E-state index contributed by atoms with van der Waals surface area (Å²) in [5.41, 5.74) is 4.94. The highest BCUT2D eigenvalue weighted by Gasteiger charge is 2.35. The fourth-order valence-corrected chi connectivity index (χ4v) is 5.60. The summed E-state index contributed by atoms with van der Waals surface area (Å²) in [6, 6.07) is 19.8. The zero-order chi connectivity index (χ0) is 25.5. The first-order valence-corrected chi connectivity index (χ1v) is 12.9. The lowest BCUT2D eigenvalue weighted by molar-refractivity contribution is 0.0642. The van der Waals surface area contributed by atoms with Gasteiger partial charge in [-0.15, -0.1) is 11.3 Å². The minimum Gasteiger partial charge on any atom is -0.493 e. The Morgan fingerprint density at radius 1 is 1.03 bits per heavy atom. The maximum atomic E-state index is 13.1. The summed E-state index contributed by atoms with van der Waals surface area (Å²) in [6.07, 6.45) is 1.98. The van der Waals surface area contributed by atoms with E-state index in [4.69, 9.17) is 9.72 Å². The average molecular weight is 510 g/mol. The van der Waals surface area contributed by atoms with E-state index in [2.05, 4.69) is 11.4 Å². The van der Waals surface area contributed by atoms with Crippen molar-refractivity contribution in [1.29, 1.82) is 0 Å². The number of fused-ring (bicyclic) bond motifs is 2. The minimum absolute atomic E-state index is 0.0933. The molecule has 0 spiro atoms. The molecular weight excluding hydrogens is 486 g/mol. The summed E-state index contributed by atoms with van der Waals surface area (Å²) in [4.78, 5) is 45.4. The number of carbonyl (C=O) groups is 3. The lowest BCUT2D eigenvalue weighted by atomic mass is 10.0. The summed E-state index contributed by atoms with van der Waals surface area (Å²) in [7, 11) is 0. The largest absolute Gasteiger partial charge is 0.493 e. The van der Waals surface area contributed by atoms with Crippen LogP contribution in [0.4, 0.5) is 5.13 Å². The molecule has 8 heteroatoms. The second-order valence-electron chi connectivity index (χ2n) is 9.09. The Bertz CT molecular complexity index is 1540. The number of amides is 3. The van der Waals surface area contributed by atoms with Crippen molar-refractivity contribution >= 4 is 34.2 Å². The number of rotatable bonds is 5. The van der Waals surface area contributed by atoms with Crippen molar-refractivity contribution in [2.24, 2.45) is 0 Å². The first-order chi connectivity index (χ1) is 18.0. The normalized spacial score (nSPS) is 14.2. The van der Waals surface area contributed by atoms with Gasteiger partial charge in [0, 0.05) is 16.0 Å². The minimum atomic E-state index is -0.324. The van der Waals surface area contributed by atoms with E-state index in [1.165, 1.54) is 21.8 Å². The van der Waals surface area contributed by atoms with Crippen LogP contribution < -0.4 is 10.1 Å². The predicted octanol–water partition coefficient (Wildman–Crippen LogP) is 5.49. The smallest absolute Gasteiger partial charge is 0.261 e. The van der Waals surface area contributed by atoms with Crippen LogP contribution in [0.3, 0.4) is 0 Å². The maximum Gasteiger partial charge on any atom is 0.261 e. The van der Waals surface area contributed by atoms with Crippen molar-refractivity contribution in [3.8, 4) is 17.0 Å². The van der Waals surface area contributed by atoms with Crippen LogP contribution in [0.25, 0.3) is 11.3 Å². The predicted molar refractivity (Wildman–Crippen MR) is 141 cm³/mol. The van der Waals surface area contributed by atoms with Crippen molar-refractivity contribution < 1.29 is 19.1 Å². The van der Waals surface area contributed by atoms with Crippen LogP contribution in [0.15, 0.2) is 66.7 Å². The van der Waals surface area contributed by atoms with Crippen LogP contribution in [0.5, 0.6) is 5.75 Å². The molecule has 0 bridgehead atoms. The number of imide groups is 1. The molecule has 0 aliphatic carbocycles. The number of benzene rings is 3. The maximum absolute atomic E-state index is 13.1. The Labute approximate surface area is 217 Å². The molecular formula is C29H23N3O4S. The van der Waals surface area contributed by atoms with Gasteiger partial charge in [0.05, 0.1) is 30.0 Å². The molecule has 0 radical (unpaired) electrons. The topological polar surface area (TPSA) is 88.6 Å². The molecule has 7 nitrogen and oxygen atoms in total. The standard InChI is InChI=1S/C29H23N3O4S/c1-17-25(20-11-12-24-19(15-20)8-5-13-36-24)30-29(37-17)31-26(33)21-7-4-6-18(14-21)16-32-27(34)22-9-2-3-10-23(22)28(32)35/h2-4,6-7,9-12,14-15H,5,8,13,16H2,1H3,(H,30,31,33). The molecule has 0 atom stereocenters. The Kier molecular flexibility index (Phi) is 5.81. The molecule has 4 aromatic rings. The number of thiazole rings is 1. The van der Waals surface area contributed by atoms with Crippen LogP contribution in [0.2, 0.25) is 0 Å². The number of nitrogens with one attached hydrogen (secondary N) is 1. The van der Waals surface area contributed by atoms with Gasteiger partial charge in [-0.2, -0.15) is 0 Å². The molecule has 0 saturated heterocycles. The van der Waals surface area contributed by atoms with Crippen molar-refractivity contribution in [2.75, 3.05) is 11.9 Å². The molecule has 0 unspecified atom stereocenters. The van der Waals surface area contributed by atoms with Crippen molar-refractivity contribution in [3.63, 3.8) is 0 Å². The van der Waals surface area contributed by atoms with Crippen LogP contribution in [0, 0.1) is 6.92 Å². The second kappa shape index (κ2) is 9.29. The van der Waals surface area contributed by atoms with E-state index in [1.54, 1.807) is 48.5 Å². The van der Waals surface area contributed by atoms with Gasteiger partial charge in [0.25, 0.3) is 17.7 Å². The number of ether oxygens (including phenoxy) is 1. The highest BCUT2D eigenvalue weighted by atomic mass is 32.1. The summed E-state index contributed by atoms with van der Waals surface area (Å²) in [6.45, 7) is 2.83. The fourth-order valence-electron chi connectivity index (χ4n) is 4.77. The Hall–Kier alpha value is -4.30. The van der Waals surface area contributed by atoms with E-state index in [-0.39, 0.29) is 24.3 Å². The molecule has 3 amide bonds. The zero-order valence-electron chi connectivity index (χ0n) is 20.1. The van der Waals surface area contributed by atoms with Crippen LogP contribution in [-0.2, 0) is 13.0 Å². The Balaban J connectivity index is 1.18. The molecule has 2 aliphatic heterocycles. The van der Waals surface area contributed by atoms with Gasteiger partial charge in [-0.25, -0.2) is 4.98 Å². The molecule has 0 fully saturated rings. The number of anilines is 1. The first kappa shape index (κ1) is 23.1. The van der Waals surface area contributed by atoms with Crippen molar-refractivity contribution in [2.45, 2.75) is 26.3 Å². The quantitative estimate of drug-likeness (QED) is 0.359. The van der Waals surface area contributed by atoms with Crippen LogP contribution in [0.1, 0.15) is 53.5 Å². The Morgan fingerprint density at radius 3 is 2.59 bits per heavy atom. The first-order valence-electron chi connectivity index (χ1n) is 12.1. The van der Waals surface area contributed by atoms with E-state index in [1.807, 2.05) is 19.1 Å². The van der Waals surface area contributed by atoms with Crippen molar-refractivity contribution in [1.82, 2.24) is 9.88 Å². The Morgan fingerprint density at radius 2 is 1.81 bits per heavy atom. The van der Waals surface area contributed by atoms with Crippen LogP contribution >= 0.6 is 11.3 Å². The molecule has 6 rings (SSSR count). The lowest BCUT2D eigenvalue weighted by Crippen LogP contribution is -2.29. The van der Waals surface area contributed by atoms with E-state index < -0.39 is 0 Å². The highest BCUT2D eigenvalue weighted by Crippen LogP contribution is 2.34. The number of nitrogens with zero attached hydrogens (tertiary/aromatic N) is 2. The third kappa shape index (κ3) is 4.29. The third-order valence-corrected chi connectivity index (χ3v) is 7.49. The van der Waals surface area contributed by atoms with E-state index in [0.717, 1.165) is 41.3 Å². The summed E-state index contributed by atoms with van der Waals surface area (Å²) >= 11 is 1.42. The van der Waals surface area contributed by atoms with Gasteiger partial charge in [-0.1, -0.05) is 24.3 Å². The fraction of sp³-hybridized carbons (Fsp3) is 0.172. The molecule has 1 aromatic heterocycles. The number of carbonyl (C=O) groups excluding carboxylic acids is 3. The molecule has 2 aliphatic rings. The SMILES string of the molecule is Cc1sc(NC(=O)c2cccc(CN3C(=O)c4ccccc4C3=O)c2)nc1-c1ccc2c(c1)CCCO2. The van der Waals surface area contributed by atoms with E-state index in [0.29, 0.717) is 27.4 Å². The number of hydrogen-bond donors (Lipinski definition) is 1. The van der Waals surface area contributed by atoms with Gasteiger partial charge in [0.1, 0.15) is 5.75 Å². The number of aromatic nitrogens is 1. The monoisotopic (exact) mass is 509 g/mol. The molecule has 0 saturated carbocycles. The molecule has 184 valence electrons. The zero-order valence-corrected chi connectivity index (χ0v) is 20.9. The summed E-state index contributed by atoms with van der Waals surface area (Å²) in [5, 5.41) is 3.41. The number of aryl methyl sites for hydroxylation is 2. The third-order valence-electron chi connectivity index (χ3n) is 6.61. The molecule has 3 heterocycles. The molecule has 3 aromatic carbocycles. The molecule has 1 N–H and O–H groups in total. The lowest BCUT2D eigenvalue weighted by Gasteiger charge is -2.17. The summed E-state index contributed by atoms with van der Waals surface area (Å²) in [5.74, 6) is -0.0224. The van der Waals surface area contributed by atoms with Gasteiger partial charge < -0.3 is 4.74 Å². The van der Waals surface area contributed by atoms with Crippen molar-refractivity contribution in [3.05, 3.63) is 99.4 Å². The van der Waals surface area contributed by atoms with E-state index >= 15 is 0 Å². The highest BCUT2D eigenvalue weighted by molar-refractivity contribution is 7.16. The number of hydrogen-bond acceptors (Lipinski definition) is 6. The van der Waals surface area contributed by atoms with E-state index in [9.17, 15) is 14.4 Å². The van der Waals surface area contributed by atoms with Gasteiger partial charge in [-0.3, -0.25) is 24.6 Å². The molecule has 37 heavy (non-hydrogen) atoms. The van der Waals surface area contributed by atoms with Gasteiger partial charge in [0.2, 0.25) is 0 Å². The average Bonchev–Trinajstić information content (AvgIpc) is 3.40. The van der Waals surface area contributed by atoms with Gasteiger partial charge >= 0.3 is 0 Å².